The number of halogens is 1. The summed E-state index contributed by atoms with van der Waals surface area (Å²) < 4.78 is 1.64. The topological polar surface area (TPSA) is 91.2 Å². The molecular formula is C9H10BrN3O3. The minimum absolute atomic E-state index is 0.145. The van der Waals surface area contributed by atoms with Crippen LogP contribution in [0, 0.1) is 10.1 Å². The highest BCUT2D eigenvalue weighted by molar-refractivity contribution is 9.10. The van der Waals surface area contributed by atoms with Crippen LogP contribution in [0.2, 0.25) is 0 Å². The molecule has 0 fully saturated rings. The molecule has 0 aromatic carbocycles. The van der Waals surface area contributed by atoms with Crippen molar-refractivity contribution in [3.8, 4) is 0 Å². The van der Waals surface area contributed by atoms with Crippen molar-refractivity contribution in [1.82, 2.24) is 4.57 Å². The molecule has 16 heavy (non-hydrogen) atoms. The van der Waals surface area contributed by atoms with Gasteiger partial charge in [0.25, 0.3) is 5.43 Å². The lowest BCUT2D eigenvalue weighted by atomic mass is 10.3. The van der Waals surface area contributed by atoms with Crippen LogP contribution in [-0.2, 0) is 6.54 Å². The Labute approximate surface area is 99.7 Å². The van der Waals surface area contributed by atoms with Gasteiger partial charge in [-0.15, -0.1) is 0 Å². The Morgan fingerprint density at radius 2 is 2.25 bits per heavy atom. The largest absolute Gasteiger partial charge is 0.343 e. The Kier molecular flexibility index (Phi) is 3.97. The van der Waals surface area contributed by atoms with Crippen molar-refractivity contribution in [2.75, 3.05) is 6.54 Å². The number of hydrogen-bond acceptors (Lipinski definition) is 4. The van der Waals surface area contributed by atoms with Crippen molar-refractivity contribution in [2.24, 2.45) is 5.73 Å². The van der Waals surface area contributed by atoms with Crippen molar-refractivity contribution < 1.29 is 4.92 Å². The number of hydrogen-bond donors (Lipinski definition) is 1. The lowest BCUT2D eigenvalue weighted by Gasteiger charge is -2.07. The van der Waals surface area contributed by atoms with E-state index in [0.717, 1.165) is 0 Å². The Hall–Kier alpha value is -1.47. The van der Waals surface area contributed by atoms with Gasteiger partial charge >= 0.3 is 5.69 Å². The fraction of sp³-hybridized carbons (Fsp3) is 0.222. The summed E-state index contributed by atoms with van der Waals surface area (Å²) in [6, 6.07) is 0. The minimum atomic E-state index is -0.713. The highest BCUT2D eigenvalue weighted by Gasteiger charge is 2.15. The highest BCUT2D eigenvalue weighted by Crippen LogP contribution is 2.11. The lowest BCUT2D eigenvalue weighted by Crippen LogP contribution is -2.15. The van der Waals surface area contributed by atoms with Crippen LogP contribution in [0.3, 0.4) is 0 Å². The molecule has 6 nitrogen and oxygen atoms in total. The summed E-state index contributed by atoms with van der Waals surface area (Å²) >= 11 is 2.98. The molecule has 0 atom stereocenters. The van der Waals surface area contributed by atoms with Crippen LogP contribution in [0.15, 0.2) is 33.8 Å². The Bertz CT molecular complexity index is 495. The van der Waals surface area contributed by atoms with Gasteiger partial charge in [-0.3, -0.25) is 14.9 Å². The van der Waals surface area contributed by atoms with Crippen LogP contribution in [0.5, 0.6) is 0 Å². The summed E-state index contributed by atoms with van der Waals surface area (Å²) in [7, 11) is 0. The third-order valence-electron chi connectivity index (χ3n) is 1.91. The summed E-state index contributed by atoms with van der Waals surface area (Å²) in [5.41, 5.74) is 4.97. The van der Waals surface area contributed by atoms with E-state index in [-0.39, 0.29) is 11.0 Å². The van der Waals surface area contributed by atoms with Gasteiger partial charge in [-0.2, -0.15) is 0 Å². The third-order valence-corrected chi connectivity index (χ3v) is 2.47. The Balaban J connectivity index is 3.19. The standard InChI is InChI=1S/C9H10BrN3O3/c1-6(2-11)3-12-4-7(10)9(14)8(5-12)13(15)16/h4-5H,1-3,11H2. The molecule has 0 spiro atoms. The molecular weight excluding hydrogens is 278 g/mol. The molecule has 0 aliphatic heterocycles. The van der Waals surface area contributed by atoms with Crippen LogP contribution in [0.4, 0.5) is 5.69 Å². The number of rotatable bonds is 4. The maximum atomic E-state index is 11.4. The summed E-state index contributed by atoms with van der Waals surface area (Å²) in [6.07, 6.45) is 2.64. The predicted molar refractivity (Wildman–Crippen MR) is 63.3 cm³/mol. The number of nitro groups is 1. The van der Waals surface area contributed by atoms with Gasteiger partial charge in [0, 0.05) is 19.3 Å². The third kappa shape index (κ3) is 2.77. The van der Waals surface area contributed by atoms with Crippen LogP contribution >= 0.6 is 15.9 Å². The molecule has 0 radical (unpaired) electrons. The molecule has 0 aliphatic rings. The summed E-state index contributed by atoms with van der Waals surface area (Å²) in [4.78, 5) is 21.3. The van der Waals surface area contributed by atoms with E-state index < -0.39 is 16.0 Å². The second-order valence-electron chi connectivity index (χ2n) is 3.20. The van der Waals surface area contributed by atoms with Gasteiger partial charge in [-0.1, -0.05) is 6.58 Å². The monoisotopic (exact) mass is 287 g/mol. The van der Waals surface area contributed by atoms with Gasteiger partial charge in [0.05, 0.1) is 15.6 Å². The zero-order chi connectivity index (χ0) is 12.3. The van der Waals surface area contributed by atoms with E-state index in [1.54, 1.807) is 0 Å². The molecule has 0 saturated carbocycles. The van der Waals surface area contributed by atoms with Crippen LogP contribution in [-0.4, -0.2) is 16.0 Å². The second-order valence-corrected chi connectivity index (χ2v) is 4.06. The lowest BCUT2D eigenvalue weighted by molar-refractivity contribution is -0.386. The fourth-order valence-corrected chi connectivity index (χ4v) is 1.59. The fourth-order valence-electron chi connectivity index (χ4n) is 1.12. The van der Waals surface area contributed by atoms with Gasteiger partial charge in [0.2, 0.25) is 0 Å². The number of nitrogens with two attached hydrogens (primary N) is 1. The van der Waals surface area contributed by atoms with Crippen molar-refractivity contribution >= 4 is 21.6 Å². The van der Waals surface area contributed by atoms with Crippen molar-refractivity contribution in [3.63, 3.8) is 0 Å². The van der Waals surface area contributed by atoms with E-state index in [0.29, 0.717) is 12.1 Å². The molecule has 7 heteroatoms. The first-order chi connectivity index (χ1) is 7.45. The molecule has 0 bridgehead atoms. The smallest absolute Gasteiger partial charge is 0.333 e. The van der Waals surface area contributed by atoms with Crippen LogP contribution in [0.1, 0.15) is 0 Å². The average molecular weight is 288 g/mol. The van der Waals surface area contributed by atoms with Gasteiger partial charge < -0.3 is 10.3 Å². The summed E-state index contributed by atoms with van der Waals surface area (Å²) in [6.45, 7) is 4.32. The van der Waals surface area contributed by atoms with Crippen LogP contribution < -0.4 is 11.2 Å². The first-order valence-electron chi connectivity index (χ1n) is 4.36. The zero-order valence-electron chi connectivity index (χ0n) is 8.35. The molecule has 0 amide bonds. The highest BCUT2D eigenvalue weighted by atomic mass is 79.9. The average Bonchev–Trinajstić information content (AvgIpc) is 2.22. The van der Waals surface area contributed by atoms with E-state index in [1.807, 2.05) is 0 Å². The van der Waals surface area contributed by atoms with Crippen molar-refractivity contribution in [3.05, 3.63) is 49.4 Å². The predicted octanol–water partition coefficient (Wildman–Crippen LogP) is 1.03. The molecule has 1 rings (SSSR count). The first kappa shape index (κ1) is 12.6. The molecule has 0 aliphatic carbocycles. The Morgan fingerprint density at radius 3 is 2.75 bits per heavy atom. The zero-order valence-corrected chi connectivity index (χ0v) is 9.94. The molecule has 1 heterocycles. The second kappa shape index (κ2) is 5.04. The van der Waals surface area contributed by atoms with Gasteiger partial charge in [0.15, 0.2) is 0 Å². The number of pyridine rings is 1. The van der Waals surface area contributed by atoms with Crippen LogP contribution in [0.25, 0.3) is 0 Å². The number of nitrogens with zero attached hydrogens (tertiary/aromatic N) is 2. The maximum Gasteiger partial charge on any atom is 0.333 e. The molecule has 2 N–H and O–H groups in total. The van der Waals surface area contributed by atoms with Crippen molar-refractivity contribution in [2.45, 2.75) is 6.54 Å². The van der Waals surface area contributed by atoms with E-state index in [1.165, 1.54) is 17.0 Å². The SMILES string of the molecule is C=C(CN)Cn1cc(Br)c(=O)c([N+](=O)[O-])c1. The summed E-state index contributed by atoms with van der Waals surface area (Å²) in [5, 5.41) is 10.6. The Morgan fingerprint density at radius 1 is 1.62 bits per heavy atom. The quantitative estimate of drug-likeness (QED) is 0.509. The van der Waals surface area contributed by atoms with Gasteiger partial charge in [0.1, 0.15) is 0 Å². The molecule has 1 aromatic rings. The molecule has 0 saturated heterocycles. The van der Waals surface area contributed by atoms with E-state index >= 15 is 0 Å². The first-order valence-corrected chi connectivity index (χ1v) is 5.15. The van der Waals surface area contributed by atoms with Gasteiger partial charge in [-0.25, -0.2) is 0 Å². The molecule has 1 aromatic heterocycles. The molecule has 0 unspecified atom stereocenters. The molecule has 86 valence electrons. The van der Waals surface area contributed by atoms with Crippen molar-refractivity contribution in [1.29, 1.82) is 0 Å². The number of aromatic nitrogens is 1. The minimum Gasteiger partial charge on any atom is -0.343 e. The maximum absolute atomic E-state index is 11.4. The van der Waals surface area contributed by atoms with E-state index in [4.69, 9.17) is 5.73 Å². The van der Waals surface area contributed by atoms with E-state index in [2.05, 4.69) is 22.5 Å². The van der Waals surface area contributed by atoms with Gasteiger partial charge in [-0.05, 0) is 21.5 Å². The summed E-state index contributed by atoms with van der Waals surface area (Å²) in [5.74, 6) is 0. The van der Waals surface area contributed by atoms with E-state index in [9.17, 15) is 14.9 Å². The normalized spacial score (nSPS) is 10.1.